The number of hydrogen-bond donors (Lipinski definition) is 3. The number of pyridine rings is 1. The topological polar surface area (TPSA) is 116 Å². The third-order valence-corrected chi connectivity index (χ3v) is 3.45. The summed E-state index contributed by atoms with van der Waals surface area (Å²) in [7, 11) is -1.53. The van der Waals surface area contributed by atoms with Crippen LogP contribution in [0, 0.1) is 11.3 Å². The molecule has 3 aromatic rings. The maximum Gasteiger partial charge on any atom is 0.488 e. The lowest BCUT2D eigenvalue weighted by Crippen LogP contribution is -2.29. The number of nitrogens with two attached hydrogens (primary N) is 1. The van der Waals surface area contributed by atoms with Crippen molar-refractivity contribution in [2.24, 2.45) is 0 Å². The second-order valence-electron chi connectivity index (χ2n) is 4.90. The van der Waals surface area contributed by atoms with E-state index in [4.69, 9.17) is 20.2 Å². The van der Waals surface area contributed by atoms with Gasteiger partial charge in [0.2, 0.25) is 0 Å². The normalized spacial score (nSPS) is 10.3. The molecule has 0 radical (unpaired) electrons. The molecule has 1 aromatic carbocycles. The summed E-state index contributed by atoms with van der Waals surface area (Å²) in [6.45, 7) is 0. The number of nitriles is 1. The van der Waals surface area contributed by atoms with E-state index in [2.05, 4.69) is 4.98 Å². The molecular formula is C16H12BN3O3. The first-order chi connectivity index (χ1) is 11.1. The van der Waals surface area contributed by atoms with Gasteiger partial charge in [0.25, 0.3) is 0 Å². The number of nitrogen functional groups attached to an aromatic ring is 1. The molecule has 4 N–H and O–H groups in total. The fourth-order valence-electron chi connectivity index (χ4n) is 2.28. The highest BCUT2D eigenvalue weighted by Gasteiger charge is 2.16. The first-order valence-electron chi connectivity index (χ1n) is 6.81. The summed E-state index contributed by atoms with van der Waals surface area (Å²) in [6, 6.07) is 13.8. The number of aromatic nitrogens is 1. The summed E-state index contributed by atoms with van der Waals surface area (Å²) >= 11 is 0. The minimum atomic E-state index is -1.53. The van der Waals surface area contributed by atoms with E-state index >= 15 is 0 Å². The van der Waals surface area contributed by atoms with Crippen LogP contribution in [0.15, 0.2) is 53.1 Å². The Bertz CT molecular complexity index is 869. The van der Waals surface area contributed by atoms with E-state index in [0.29, 0.717) is 22.5 Å². The van der Waals surface area contributed by atoms with Crippen LogP contribution < -0.4 is 11.2 Å². The molecule has 23 heavy (non-hydrogen) atoms. The molecule has 0 aliphatic heterocycles. The van der Waals surface area contributed by atoms with Gasteiger partial charge in [0.1, 0.15) is 23.2 Å². The first kappa shape index (κ1) is 14.8. The summed E-state index contributed by atoms with van der Waals surface area (Å²) in [5.41, 5.74) is 8.39. The average Bonchev–Trinajstić information content (AvgIpc) is 3.08. The molecule has 2 heterocycles. The van der Waals surface area contributed by atoms with E-state index in [1.807, 2.05) is 6.07 Å². The Morgan fingerprint density at radius 1 is 1.17 bits per heavy atom. The predicted molar refractivity (Wildman–Crippen MR) is 86.3 cm³/mol. The van der Waals surface area contributed by atoms with Gasteiger partial charge < -0.3 is 20.2 Å². The van der Waals surface area contributed by atoms with Crippen LogP contribution in [0.3, 0.4) is 0 Å². The Morgan fingerprint density at radius 3 is 2.48 bits per heavy atom. The molecule has 0 saturated heterocycles. The summed E-state index contributed by atoms with van der Waals surface area (Å²) in [4.78, 5) is 4.25. The monoisotopic (exact) mass is 305 g/mol. The van der Waals surface area contributed by atoms with Crippen LogP contribution in [0.25, 0.3) is 22.6 Å². The predicted octanol–water partition coefficient (Wildman–Crippen LogP) is 1.14. The molecule has 112 valence electrons. The third-order valence-electron chi connectivity index (χ3n) is 3.45. The van der Waals surface area contributed by atoms with E-state index in [1.54, 1.807) is 42.5 Å². The highest BCUT2D eigenvalue weighted by molar-refractivity contribution is 6.58. The highest BCUT2D eigenvalue weighted by Crippen LogP contribution is 2.31. The fourth-order valence-corrected chi connectivity index (χ4v) is 2.28. The minimum absolute atomic E-state index is 0.114. The quantitative estimate of drug-likeness (QED) is 0.625. The zero-order valence-corrected chi connectivity index (χ0v) is 12.0. The van der Waals surface area contributed by atoms with E-state index in [9.17, 15) is 5.26 Å². The number of rotatable bonds is 3. The van der Waals surface area contributed by atoms with Gasteiger partial charge in [-0.05, 0) is 23.7 Å². The minimum Gasteiger partial charge on any atom is -0.464 e. The summed E-state index contributed by atoms with van der Waals surface area (Å²) in [5, 5.41) is 27.6. The summed E-state index contributed by atoms with van der Waals surface area (Å²) in [5.74, 6) is 0.641. The number of furan rings is 1. The number of hydrogen-bond acceptors (Lipinski definition) is 6. The SMILES string of the molecule is N#Cc1c(-c2ccco2)cc(-c2ccc(B(O)O)cc2)nc1N. The lowest BCUT2D eigenvalue weighted by atomic mass is 9.80. The average molecular weight is 305 g/mol. The van der Waals surface area contributed by atoms with E-state index < -0.39 is 7.12 Å². The van der Waals surface area contributed by atoms with Crippen molar-refractivity contribution in [3.63, 3.8) is 0 Å². The second kappa shape index (κ2) is 5.97. The van der Waals surface area contributed by atoms with Gasteiger partial charge in [-0.1, -0.05) is 24.3 Å². The van der Waals surface area contributed by atoms with Crippen molar-refractivity contribution in [3.8, 4) is 28.7 Å². The Morgan fingerprint density at radius 2 is 1.91 bits per heavy atom. The molecule has 0 atom stereocenters. The van der Waals surface area contributed by atoms with Gasteiger partial charge >= 0.3 is 7.12 Å². The third kappa shape index (κ3) is 2.81. The summed E-state index contributed by atoms with van der Waals surface area (Å²) in [6.07, 6.45) is 1.52. The molecule has 0 saturated carbocycles. The van der Waals surface area contributed by atoms with Gasteiger partial charge in [0.05, 0.1) is 12.0 Å². The molecule has 7 heteroatoms. The van der Waals surface area contributed by atoms with Crippen molar-refractivity contribution < 1.29 is 14.5 Å². The Labute approximate surface area is 132 Å². The maximum absolute atomic E-state index is 9.29. The smallest absolute Gasteiger partial charge is 0.464 e. The lowest BCUT2D eigenvalue weighted by Gasteiger charge is -2.09. The number of benzene rings is 1. The molecule has 0 aliphatic rings. The van der Waals surface area contributed by atoms with Crippen LogP contribution in [0.5, 0.6) is 0 Å². The highest BCUT2D eigenvalue weighted by atomic mass is 16.4. The van der Waals surface area contributed by atoms with E-state index in [0.717, 1.165) is 5.56 Å². The van der Waals surface area contributed by atoms with Crippen molar-refractivity contribution in [2.45, 2.75) is 0 Å². The van der Waals surface area contributed by atoms with Crippen LogP contribution >= 0.6 is 0 Å². The van der Waals surface area contributed by atoms with Gasteiger partial charge in [-0.2, -0.15) is 5.26 Å². The van der Waals surface area contributed by atoms with E-state index in [1.165, 1.54) is 6.26 Å². The Kier molecular flexibility index (Phi) is 3.85. The molecule has 0 fully saturated rings. The molecule has 0 aliphatic carbocycles. The second-order valence-corrected chi connectivity index (χ2v) is 4.90. The van der Waals surface area contributed by atoms with Crippen LogP contribution in [0.2, 0.25) is 0 Å². The van der Waals surface area contributed by atoms with Gasteiger partial charge in [0.15, 0.2) is 0 Å². The van der Waals surface area contributed by atoms with Crippen molar-refractivity contribution in [3.05, 3.63) is 54.3 Å². The van der Waals surface area contributed by atoms with Crippen LogP contribution in [0.1, 0.15) is 5.56 Å². The van der Waals surface area contributed by atoms with Crippen molar-refractivity contribution in [1.29, 1.82) is 5.26 Å². The van der Waals surface area contributed by atoms with E-state index in [-0.39, 0.29) is 11.4 Å². The molecule has 0 amide bonds. The standard InChI is InChI=1S/C16H12BN3O3/c18-9-13-12(15-2-1-7-23-15)8-14(20-16(13)19)10-3-5-11(6-4-10)17(21)22/h1-8,21-22H,(H2,19,20). The molecule has 0 spiro atoms. The number of anilines is 1. The molecule has 0 bridgehead atoms. The van der Waals surface area contributed by atoms with Crippen molar-refractivity contribution >= 4 is 18.4 Å². The van der Waals surface area contributed by atoms with Crippen molar-refractivity contribution in [2.75, 3.05) is 5.73 Å². The number of nitrogens with zero attached hydrogens (tertiary/aromatic N) is 2. The molecule has 6 nitrogen and oxygen atoms in total. The zero-order chi connectivity index (χ0) is 16.4. The van der Waals surface area contributed by atoms with Gasteiger partial charge in [-0.25, -0.2) is 4.98 Å². The summed E-state index contributed by atoms with van der Waals surface area (Å²) < 4.78 is 5.36. The zero-order valence-electron chi connectivity index (χ0n) is 12.0. The molecule has 3 rings (SSSR count). The molecular weight excluding hydrogens is 293 g/mol. The molecule has 2 aromatic heterocycles. The largest absolute Gasteiger partial charge is 0.488 e. The Hall–Kier alpha value is -3.08. The Balaban J connectivity index is 2.12. The van der Waals surface area contributed by atoms with Gasteiger partial charge in [-0.15, -0.1) is 0 Å². The first-order valence-corrected chi connectivity index (χ1v) is 6.81. The molecule has 0 unspecified atom stereocenters. The maximum atomic E-state index is 9.29. The lowest BCUT2D eigenvalue weighted by molar-refractivity contribution is 0.426. The van der Waals surface area contributed by atoms with Crippen molar-refractivity contribution in [1.82, 2.24) is 4.98 Å². The van der Waals surface area contributed by atoms with Crippen LogP contribution in [0.4, 0.5) is 5.82 Å². The van der Waals surface area contributed by atoms with Crippen LogP contribution in [-0.2, 0) is 0 Å². The van der Waals surface area contributed by atoms with Gasteiger partial charge in [-0.3, -0.25) is 0 Å². The van der Waals surface area contributed by atoms with Crippen LogP contribution in [-0.4, -0.2) is 22.2 Å². The fraction of sp³-hybridized carbons (Fsp3) is 0. The van der Waals surface area contributed by atoms with Gasteiger partial charge in [0, 0.05) is 11.1 Å².